The summed E-state index contributed by atoms with van der Waals surface area (Å²) in [4.78, 5) is 11.6. The zero-order valence-corrected chi connectivity index (χ0v) is 11.0. The molecule has 23 heavy (non-hydrogen) atoms. The maximum absolute atomic E-state index is 13.4. The molecule has 2 nitrogen and oxygen atoms in total. The van der Waals surface area contributed by atoms with E-state index >= 15 is 0 Å². The van der Waals surface area contributed by atoms with E-state index in [-0.39, 0.29) is 0 Å². The lowest BCUT2D eigenvalue weighted by Gasteiger charge is -2.09. The van der Waals surface area contributed by atoms with Crippen LogP contribution in [0.15, 0.2) is 18.2 Å². The van der Waals surface area contributed by atoms with Crippen molar-refractivity contribution in [3.63, 3.8) is 0 Å². The number of anilines is 1. The molecular weight excluding hydrogens is 331 g/mol. The fourth-order valence-electron chi connectivity index (χ4n) is 1.75. The Morgan fingerprint density at radius 3 is 1.87 bits per heavy atom. The maximum Gasteiger partial charge on any atom is 0.229 e. The molecule has 0 heterocycles. The van der Waals surface area contributed by atoms with E-state index in [1.165, 1.54) is 0 Å². The summed E-state index contributed by atoms with van der Waals surface area (Å²) in [5, 5.41) is 1.84. The number of amides is 1. The Labute approximate surface area is 124 Å². The molecule has 0 atom stereocenters. The average molecular weight is 337 g/mol. The molecule has 0 spiro atoms. The number of carbonyl (C=O) groups excluding carboxylic acids is 1. The minimum Gasteiger partial charge on any atom is -0.323 e. The van der Waals surface area contributed by atoms with Crippen molar-refractivity contribution < 1.29 is 35.5 Å². The zero-order valence-electron chi connectivity index (χ0n) is 11.0. The molecular formula is C14H6F7NO. The van der Waals surface area contributed by atoms with Crippen LogP contribution in [0.4, 0.5) is 36.4 Å². The summed E-state index contributed by atoms with van der Waals surface area (Å²) in [7, 11) is 0. The standard InChI is InChI=1S/C14H6F7NO/c15-5-1-2-8(7(16)3-5)22-9(23)4-6-10(17)12(19)14(21)13(20)11(6)18/h1-3H,4H2,(H,22,23). The third-order valence-corrected chi connectivity index (χ3v) is 2.84. The Morgan fingerprint density at radius 2 is 1.35 bits per heavy atom. The molecule has 0 aliphatic rings. The van der Waals surface area contributed by atoms with Gasteiger partial charge < -0.3 is 5.32 Å². The quantitative estimate of drug-likeness (QED) is 0.515. The van der Waals surface area contributed by atoms with E-state index in [1.807, 2.05) is 5.32 Å². The predicted octanol–water partition coefficient (Wildman–Crippen LogP) is 3.84. The first-order valence-corrected chi connectivity index (χ1v) is 5.97. The SMILES string of the molecule is O=C(Cc1c(F)c(F)c(F)c(F)c1F)Nc1ccc(F)cc1F. The van der Waals surface area contributed by atoms with Crippen molar-refractivity contribution in [3.05, 3.63) is 64.5 Å². The third kappa shape index (κ3) is 3.27. The highest BCUT2D eigenvalue weighted by atomic mass is 19.2. The van der Waals surface area contributed by atoms with E-state index in [0.29, 0.717) is 6.07 Å². The lowest BCUT2D eigenvalue weighted by molar-refractivity contribution is -0.115. The van der Waals surface area contributed by atoms with Gasteiger partial charge in [0.1, 0.15) is 11.6 Å². The lowest BCUT2D eigenvalue weighted by atomic mass is 10.1. The van der Waals surface area contributed by atoms with Gasteiger partial charge >= 0.3 is 0 Å². The van der Waals surface area contributed by atoms with Crippen molar-refractivity contribution in [2.45, 2.75) is 6.42 Å². The predicted molar refractivity (Wildman–Crippen MR) is 64.9 cm³/mol. The van der Waals surface area contributed by atoms with Gasteiger partial charge in [0.2, 0.25) is 11.7 Å². The average Bonchev–Trinajstić information content (AvgIpc) is 2.50. The van der Waals surface area contributed by atoms with Crippen LogP contribution in [-0.4, -0.2) is 5.91 Å². The number of hydrogen-bond donors (Lipinski definition) is 1. The lowest BCUT2D eigenvalue weighted by Crippen LogP contribution is -2.19. The van der Waals surface area contributed by atoms with Crippen molar-refractivity contribution >= 4 is 11.6 Å². The summed E-state index contributed by atoms with van der Waals surface area (Å²) in [6.45, 7) is 0. The van der Waals surface area contributed by atoms with E-state index < -0.39 is 64.3 Å². The molecule has 0 aromatic heterocycles. The van der Waals surface area contributed by atoms with Crippen molar-refractivity contribution in [3.8, 4) is 0 Å². The van der Waals surface area contributed by atoms with Crippen molar-refractivity contribution in [2.24, 2.45) is 0 Å². The fourth-order valence-corrected chi connectivity index (χ4v) is 1.75. The van der Waals surface area contributed by atoms with Gasteiger partial charge in [0.25, 0.3) is 0 Å². The molecule has 0 bridgehead atoms. The van der Waals surface area contributed by atoms with Gasteiger partial charge in [-0.25, -0.2) is 30.7 Å². The monoisotopic (exact) mass is 337 g/mol. The Bertz CT molecular complexity index is 762. The van der Waals surface area contributed by atoms with Gasteiger partial charge in [-0.1, -0.05) is 0 Å². The summed E-state index contributed by atoms with van der Waals surface area (Å²) in [6, 6.07) is 2.08. The van der Waals surface area contributed by atoms with Crippen LogP contribution in [0.3, 0.4) is 0 Å². The van der Waals surface area contributed by atoms with Gasteiger partial charge in [-0.2, -0.15) is 0 Å². The van der Waals surface area contributed by atoms with Crippen molar-refractivity contribution in [2.75, 3.05) is 5.32 Å². The van der Waals surface area contributed by atoms with Crippen molar-refractivity contribution in [1.29, 1.82) is 0 Å². The second kappa shape index (κ2) is 6.27. The normalized spacial score (nSPS) is 10.7. The first-order valence-electron chi connectivity index (χ1n) is 5.97. The number of carbonyl (C=O) groups is 1. The molecule has 0 fully saturated rings. The summed E-state index contributed by atoms with van der Waals surface area (Å²) in [5.41, 5.74) is -1.87. The van der Waals surface area contributed by atoms with Gasteiger partial charge in [-0.05, 0) is 12.1 Å². The van der Waals surface area contributed by atoms with Gasteiger partial charge in [0, 0.05) is 11.6 Å². The smallest absolute Gasteiger partial charge is 0.229 e. The molecule has 9 heteroatoms. The highest BCUT2D eigenvalue weighted by Gasteiger charge is 2.27. The van der Waals surface area contributed by atoms with E-state index in [2.05, 4.69) is 0 Å². The number of benzene rings is 2. The van der Waals surface area contributed by atoms with Crippen LogP contribution >= 0.6 is 0 Å². The van der Waals surface area contributed by atoms with Gasteiger partial charge in [-0.15, -0.1) is 0 Å². The second-order valence-corrected chi connectivity index (χ2v) is 4.40. The summed E-state index contributed by atoms with van der Waals surface area (Å²) in [6.07, 6.45) is -1.23. The molecule has 2 rings (SSSR count). The van der Waals surface area contributed by atoms with E-state index in [1.54, 1.807) is 0 Å². The van der Waals surface area contributed by atoms with Crippen LogP contribution < -0.4 is 5.32 Å². The topological polar surface area (TPSA) is 29.1 Å². The zero-order chi connectivity index (χ0) is 17.3. The van der Waals surface area contributed by atoms with E-state index in [4.69, 9.17) is 0 Å². The van der Waals surface area contributed by atoms with Gasteiger partial charge in [-0.3, -0.25) is 4.79 Å². The minimum atomic E-state index is -2.35. The largest absolute Gasteiger partial charge is 0.323 e. The number of nitrogens with one attached hydrogen (secondary N) is 1. The second-order valence-electron chi connectivity index (χ2n) is 4.40. The molecule has 2 aromatic rings. The molecule has 122 valence electrons. The number of rotatable bonds is 3. The van der Waals surface area contributed by atoms with Crippen LogP contribution in [0.1, 0.15) is 5.56 Å². The van der Waals surface area contributed by atoms with Crippen LogP contribution in [0.5, 0.6) is 0 Å². The molecule has 0 aliphatic carbocycles. The van der Waals surface area contributed by atoms with E-state index in [9.17, 15) is 35.5 Å². The molecule has 0 saturated carbocycles. The maximum atomic E-state index is 13.4. The Hall–Kier alpha value is -2.58. The molecule has 2 aromatic carbocycles. The highest BCUT2D eigenvalue weighted by Crippen LogP contribution is 2.24. The van der Waals surface area contributed by atoms with Gasteiger partial charge in [0.05, 0.1) is 12.1 Å². The summed E-state index contributed by atoms with van der Waals surface area (Å²) < 4.78 is 91.7. The van der Waals surface area contributed by atoms with Crippen LogP contribution in [0, 0.1) is 40.7 Å². The highest BCUT2D eigenvalue weighted by molar-refractivity contribution is 5.92. The molecule has 1 N–H and O–H groups in total. The Balaban J connectivity index is 2.27. The van der Waals surface area contributed by atoms with Crippen molar-refractivity contribution in [1.82, 2.24) is 0 Å². The van der Waals surface area contributed by atoms with Crippen LogP contribution in [0.25, 0.3) is 0 Å². The Morgan fingerprint density at radius 1 is 0.826 bits per heavy atom. The first kappa shape index (κ1) is 16.8. The summed E-state index contributed by atoms with van der Waals surface area (Å²) in [5.74, 6) is -14.4. The van der Waals surface area contributed by atoms with Crippen LogP contribution in [0.2, 0.25) is 0 Å². The number of halogens is 7. The van der Waals surface area contributed by atoms with Gasteiger partial charge in [0.15, 0.2) is 23.3 Å². The first-order chi connectivity index (χ1) is 10.7. The summed E-state index contributed by atoms with van der Waals surface area (Å²) >= 11 is 0. The number of hydrogen-bond acceptors (Lipinski definition) is 1. The van der Waals surface area contributed by atoms with E-state index in [0.717, 1.165) is 12.1 Å². The molecule has 0 aliphatic heterocycles. The minimum absolute atomic E-state index is 0.439. The fraction of sp³-hybridized carbons (Fsp3) is 0.0714. The van der Waals surface area contributed by atoms with Crippen LogP contribution in [-0.2, 0) is 11.2 Å². The molecule has 0 saturated heterocycles. The molecule has 0 unspecified atom stereocenters. The third-order valence-electron chi connectivity index (χ3n) is 2.84. The molecule has 1 amide bonds. The Kier molecular flexibility index (Phi) is 4.57. The molecule has 0 radical (unpaired) electrons.